The topological polar surface area (TPSA) is 87.5 Å². The van der Waals surface area contributed by atoms with Gasteiger partial charge in [-0.3, -0.25) is 14.3 Å². The second kappa shape index (κ2) is 8.64. The summed E-state index contributed by atoms with van der Waals surface area (Å²) >= 11 is 0. The van der Waals surface area contributed by atoms with Crippen LogP contribution < -0.4 is 5.32 Å². The first-order valence-electron chi connectivity index (χ1n) is 9.16. The molecule has 0 saturated carbocycles. The van der Waals surface area contributed by atoms with Crippen LogP contribution in [0.5, 0.6) is 0 Å². The number of carbonyl (C=O) groups is 2. The predicted molar refractivity (Wildman–Crippen MR) is 98.0 cm³/mol. The Morgan fingerprint density at radius 1 is 1.28 bits per heavy atom. The lowest BCUT2D eigenvalue weighted by atomic mass is 9.98. The first kappa shape index (κ1) is 20.8. The molecular weight excluding hydrogens is 389 g/mol. The highest BCUT2D eigenvalue weighted by Crippen LogP contribution is 2.32. The van der Waals surface area contributed by atoms with Gasteiger partial charge in [0.05, 0.1) is 5.56 Å². The quantitative estimate of drug-likeness (QED) is 0.793. The molecule has 1 fully saturated rings. The number of aliphatic hydroxyl groups excluding tert-OH is 1. The maximum absolute atomic E-state index is 13.3. The highest BCUT2D eigenvalue weighted by Gasteiger charge is 2.33. The highest BCUT2D eigenvalue weighted by molar-refractivity contribution is 5.97. The minimum atomic E-state index is -4.67. The maximum Gasteiger partial charge on any atom is 0.416 e. The molecule has 2 N–H and O–H groups in total. The Hall–Kier alpha value is -2.88. The smallest absolute Gasteiger partial charge is 0.396 e. The predicted octanol–water partition coefficient (Wildman–Crippen LogP) is 2.39. The summed E-state index contributed by atoms with van der Waals surface area (Å²) < 4.78 is 41.3. The highest BCUT2D eigenvalue weighted by atomic mass is 19.4. The van der Waals surface area contributed by atoms with Crippen molar-refractivity contribution in [2.45, 2.75) is 25.6 Å². The van der Waals surface area contributed by atoms with E-state index in [2.05, 4.69) is 10.4 Å². The minimum absolute atomic E-state index is 0.0822. The van der Waals surface area contributed by atoms with Crippen molar-refractivity contribution >= 4 is 17.5 Å². The number of rotatable bonds is 5. The summed E-state index contributed by atoms with van der Waals surface area (Å²) in [6.07, 6.45) is -0.213. The molecule has 2 aromatic rings. The van der Waals surface area contributed by atoms with E-state index in [0.717, 1.165) is 18.6 Å². The van der Waals surface area contributed by atoms with Crippen LogP contribution in [0.2, 0.25) is 0 Å². The van der Waals surface area contributed by atoms with E-state index in [9.17, 15) is 27.9 Å². The minimum Gasteiger partial charge on any atom is -0.396 e. The van der Waals surface area contributed by atoms with Gasteiger partial charge in [-0.15, -0.1) is 0 Å². The summed E-state index contributed by atoms with van der Waals surface area (Å²) in [6, 6.07) is 4.44. The van der Waals surface area contributed by atoms with Crippen LogP contribution >= 0.6 is 0 Å². The van der Waals surface area contributed by atoms with Crippen molar-refractivity contribution in [1.82, 2.24) is 14.7 Å². The van der Waals surface area contributed by atoms with Gasteiger partial charge in [0.1, 0.15) is 6.54 Å². The molecule has 1 atom stereocenters. The average Bonchev–Trinajstić information content (AvgIpc) is 3.19. The van der Waals surface area contributed by atoms with Gasteiger partial charge in [-0.1, -0.05) is 0 Å². The van der Waals surface area contributed by atoms with Crippen molar-refractivity contribution in [1.29, 1.82) is 0 Å². The third-order valence-electron chi connectivity index (χ3n) is 4.72. The molecule has 1 unspecified atom stereocenters. The molecule has 29 heavy (non-hydrogen) atoms. The van der Waals surface area contributed by atoms with Gasteiger partial charge in [0, 0.05) is 43.3 Å². The van der Waals surface area contributed by atoms with Crippen molar-refractivity contribution in [3.8, 4) is 0 Å². The fraction of sp³-hybridized carbons (Fsp3) is 0.421. The molecule has 2 amide bonds. The van der Waals surface area contributed by atoms with Crippen LogP contribution in [0.25, 0.3) is 0 Å². The molecule has 0 bridgehead atoms. The van der Waals surface area contributed by atoms with Gasteiger partial charge in [-0.2, -0.15) is 18.3 Å². The number of carbonyl (C=O) groups excluding carboxylic acids is 2. The summed E-state index contributed by atoms with van der Waals surface area (Å²) in [6.45, 7) is 0.442. The van der Waals surface area contributed by atoms with Crippen LogP contribution in [0.3, 0.4) is 0 Å². The molecule has 0 radical (unpaired) electrons. The van der Waals surface area contributed by atoms with E-state index < -0.39 is 23.6 Å². The molecule has 1 aromatic heterocycles. The number of benzene rings is 1. The number of likely N-dealkylation sites (tertiary alicyclic amines) is 1. The number of alkyl halides is 3. The molecule has 0 aliphatic carbocycles. The van der Waals surface area contributed by atoms with Gasteiger partial charge in [0.25, 0.3) is 5.91 Å². The van der Waals surface area contributed by atoms with Crippen LogP contribution in [0.1, 0.15) is 28.8 Å². The molecule has 10 heteroatoms. The van der Waals surface area contributed by atoms with E-state index in [1.165, 1.54) is 21.8 Å². The molecule has 1 saturated heterocycles. The van der Waals surface area contributed by atoms with E-state index in [0.29, 0.717) is 13.0 Å². The summed E-state index contributed by atoms with van der Waals surface area (Å²) in [5.74, 6) is -1.21. The monoisotopic (exact) mass is 410 g/mol. The number of hydrogen-bond acceptors (Lipinski definition) is 4. The van der Waals surface area contributed by atoms with Gasteiger partial charge in [-0.05, 0) is 43.0 Å². The van der Waals surface area contributed by atoms with Crippen LogP contribution in [0.4, 0.5) is 18.9 Å². The first-order valence-corrected chi connectivity index (χ1v) is 9.16. The van der Waals surface area contributed by atoms with Gasteiger partial charge < -0.3 is 15.3 Å². The van der Waals surface area contributed by atoms with E-state index in [1.54, 1.807) is 12.3 Å². The largest absolute Gasteiger partial charge is 0.416 e. The lowest BCUT2D eigenvalue weighted by molar-refractivity contribution is -0.137. The average molecular weight is 410 g/mol. The zero-order valence-electron chi connectivity index (χ0n) is 15.5. The van der Waals surface area contributed by atoms with E-state index >= 15 is 0 Å². The van der Waals surface area contributed by atoms with Gasteiger partial charge in [0.15, 0.2) is 0 Å². The van der Waals surface area contributed by atoms with Crippen molar-refractivity contribution in [2.75, 3.05) is 25.0 Å². The maximum atomic E-state index is 13.3. The number of aliphatic hydroxyl groups is 1. The molecule has 0 spiro atoms. The van der Waals surface area contributed by atoms with Gasteiger partial charge in [0.2, 0.25) is 5.91 Å². The van der Waals surface area contributed by atoms with Crippen LogP contribution in [0, 0.1) is 5.92 Å². The Morgan fingerprint density at radius 3 is 2.72 bits per heavy atom. The van der Waals surface area contributed by atoms with Crippen molar-refractivity contribution < 1.29 is 27.9 Å². The Balaban J connectivity index is 1.83. The number of nitrogens with one attached hydrogen (secondary N) is 1. The Morgan fingerprint density at radius 2 is 2.07 bits per heavy atom. The number of nitrogens with zero attached hydrogens (tertiary/aromatic N) is 3. The number of amides is 2. The van der Waals surface area contributed by atoms with Gasteiger partial charge >= 0.3 is 6.18 Å². The van der Waals surface area contributed by atoms with Crippen molar-refractivity contribution in [3.05, 3.63) is 47.8 Å². The third-order valence-corrected chi connectivity index (χ3v) is 4.72. The Labute approximate surface area is 165 Å². The summed E-state index contributed by atoms with van der Waals surface area (Å²) in [5.41, 5.74) is -1.29. The molecule has 156 valence electrons. The molecule has 1 aliphatic heterocycles. The molecule has 2 heterocycles. The van der Waals surface area contributed by atoms with Crippen LogP contribution in [-0.2, 0) is 17.5 Å². The Kier molecular flexibility index (Phi) is 6.21. The van der Waals surface area contributed by atoms with E-state index in [-0.39, 0.29) is 36.9 Å². The number of piperidine rings is 1. The molecule has 1 aliphatic rings. The molecule has 7 nitrogen and oxygen atoms in total. The second-order valence-corrected chi connectivity index (χ2v) is 6.99. The Bertz CT molecular complexity index is 868. The fourth-order valence-corrected chi connectivity index (χ4v) is 3.31. The molecule has 3 rings (SSSR count). The number of anilines is 1. The van der Waals surface area contributed by atoms with Gasteiger partial charge in [-0.25, -0.2) is 0 Å². The zero-order valence-corrected chi connectivity index (χ0v) is 15.5. The summed E-state index contributed by atoms with van der Waals surface area (Å²) in [5, 5.41) is 15.6. The summed E-state index contributed by atoms with van der Waals surface area (Å²) in [7, 11) is 0. The lowest BCUT2D eigenvalue weighted by Crippen LogP contribution is -2.41. The van der Waals surface area contributed by atoms with Crippen LogP contribution in [-0.4, -0.2) is 51.3 Å². The molecule has 1 aromatic carbocycles. The third kappa shape index (κ3) is 5.35. The normalized spacial score (nSPS) is 17.2. The second-order valence-electron chi connectivity index (χ2n) is 6.99. The molecular formula is C19H21F3N4O3. The van der Waals surface area contributed by atoms with Crippen molar-refractivity contribution in [3.63, 3.8) is 0 Å². The van der Waals surface area contributed by atoms with E-state index in [1.807, 2.05) is 0 Å². The number of hydrogen-bond donors (Lipinski definition) is 2. The first-order chi connectivity index (χ1) is 13.8. The van der Waals surface area contributed by atoms with E-state index in [4.69, 9.17) is 0 Å². The zero-order chi connectivity index (χ0) is 21.0. The SMILES string of the molecule is O=C(Cn1cccn1)Nc1cc(C(=O)N2CCCC(CO)C2)cc(C(F)(F)F)c1. The van der Waals surface area contributed by atoms with Crippen LogP contribution in [0.15, 0.2) is 36.7 Å². The lowest BCUT2D eigenvalue weighted by Gasteiger charge is -2.32. The number of aromatic nitrogens is 2. The number of halogens is 3. The summed E-state index contributed by atoms with van der Waals surface area (Å²) in [4.78, 5) is 26.4. The standard InChI is InChI=1S/C19H21F3N4O3/c20-19(21,22)15-7-14(18(29)25-5-1-3-13(10-25)12-27)8-16(9-15)24-17(28)11-26-6-2-4-23-26/h2,4,6-9,13,27H,1,3,5,10-12H2,(H,24,28). The van der Waals surface area contributed by atoms with Crippen molar-refractivity contribution in [2.24, 2.45) is 5.92 Å². The fourth-order valence-electron chi connectivity index (χ4n) is 3.31.